The summed E-state index contributed by atoms with van der Waals surface area (Å²) >= 11 is 1.52. The lowest BCUT2D eigenvalue weighted by atomic mass is 9.96. The van der Waals surface area contributed by atoms with Crippen molar-refractivity contribution in [3.8, 4) is 16.9 Å². The molecule has 0 unspecified atom stereocenters. The first-order valence-electron chi connectivity index (χ1n) is 9.59. The molecule has 5 rings (SSSR count). The number of pyridine rings is 1. The Morgan fingerprint density at radius 1 is 1.00 bits per heavy atom. The summed E-state index contributed by atoms with van der Waals surface area (Å²) in [5.41, 5.74) is 1.78. The molecule has 0 amide bonds. The average Bonchev–Trinajstić information content (AvgIpc) is 3.23. The summed E-state index contributed by atoms with van der Waals surface area (Å²) in [6.07, 6.45) is 0. The Bertz CT molecular complexity index is 1360. The topological polar surface area (TPSA) is 57.5 Å². The van der Waals surface area contributed by atoms with Gasteiger partial charge in [0.05, 0.1) is 19.2 Å². The van der Waals surface area contributed by atoms with Gasteiger partial charge in [-0.25, -0.2) is 4.79 Å². The Morgan fingerprint density at radius 2 is 1.80 bits per heavy atom. The number of methoxy groups -OCH3 is 2. The highest BCUT2D eigenvalue weighted by atomic mass is 32.2. The maximum Gasteiger partial charge on any atom is 0.329 e. The van der Waals surface area contributed by atoms with Gasteiger partial charge in [0.1, 0.15) is 11.8 Å². The molecule has 1 aromatic heterocycles. The molecule has 0 saturated heterocycles. The van der Waals surface area contributed by atoms with Crippen LogP contribution in [-0.4, -0.2) is 30.5 Å². The third-order valence-corrected chi connectivity index (χ3v) is 6.73. The second-order valence-corrected chi connectivity index (χ2v) is 8.16. The number of benzene rings is 3. The fourth-order valence-corrected chi connectivity index (χ4v) is 5.49. The number of nitrogens with zero attached hydrogens (tertiary/aromatic N) is 1. The zero-order chi connectivity index (χ0) is 20.8. The molecule has 3 aromatic carbocycles. The van der Waals surface area contributed by atoms with Crippen molar-refractivity contribution >= 4 is 39.3 Å². The van der Waals surface area contributed by atoms with Crippen molar-refractivity contribution in [1.82, 2.24) is 4.57 Å². The molecule has 0 bridgehead atoms. The minimum Gasteiger partial charge on any atom is -0.496 e. The van der Waals surface area contributed by atoms with Crippen LogP contribution in [0.2, 0.25) is 0 Å². The van der Waals surface area contributed by atoms with Gasteiger partial charge in [-0.1, -0.05) is 42.5 Å². The lowest BCUT2D eigenvalue weighted by Gasteiger charge is -2.17. The molecule has 1 aliphatic heterocycles. The fourth-order valence-electron chi connectivity index (χ4n) is 4.17. The molecule has 1 atom stereocenters. The number of ether oxygens (including phenoxy) is 2. The van der Waals surface area contributed by atoms with Gasteiger partial charge >= 0.3 is 5.97 Å². The smallest absolute Gasteiger partial charge is 0.329 e. The van der Waals surface area contributed by atoms with Gasteiger partial charge < -0.3 is 9.47 Å². The second kappa shape index (κ2) is 7.22. The molecule has 0 radical (unpaired) electrons. The summed E-state index contributed by atoms with van der Waals surface area (Å²) in [7, 11) is 3.00. The van der Waals surface area contributed by atoms with Crippen LogP contribution in [-0.2, 0) is 9.53 Å². The first-order chi connectivity index (χ1) is 14.6. The van der Waals surface area contributed by atoms with Gasteiger partial charge in [-0.3, -0.25) is 9.36 Å². The molecule has 0 spiro atoms. The molecular formula is C24H19NO4S. The number of hydrogen-bond acceptors (Lipinski definition) is 5. The van der Waals surface area contributed by atoms with Crippen LogP contribution in [0.15, 0.2) is 70.5 Å². The van der Waals surface area contributed by atoms with Gasteiger partial charge in [0, 0.05) is 22.1 Å². The van der Waals surface area contributed by atoms with E-state index < -0.39 is 12.0 Å². The second-order valence-electron chi connectivity index (χ2n) is 7.15. The van der Waals surface area contributed by atoms with E-state index >= 15 is 0 Å². The average molecular weight is 417 g/mol. The number of thioether (sulfide) groups is 1. The largest absolute Gasteiger partial charge is 0.496 e. The first kappa shape index (κ1) is 18.8. The van der Waals surface area contributed by atoms with Crippen molar-refractivity contribution < 1.29 is 14.3 Å². The van der Waals surface area contributed by atoms with Crippen LogP contribution >= 0.6 is 11.8 Å². The lowest BCUT2D eigenvalue weighted by Crippen LogP contribution is -2.30. The number of hydrogen-bond donors (Lipinski definition) is 0. The fraction of sp³-hybridized carbons (Fsp3) is 0.167. The highest BCUT2D eigenvalue weighted by Crippen LogP contribution is 2.44. The minimum atomic E-state index is -0.629. The molecule has 0 saturated carbocycles. The van der Waals surface area contributed by atoms with Gasteiger partial charge in [-0.05, 0) is 34.5 Å². The molecule has 150 valence electrons. The summed E-state index contributed by atoms with van der Waals surface area (Å²) in [6, 6.07) is 19.0. The van der Waals surface area contributed by atoms with Crippen molar-refractivity contribution in [3.63, 3.8) is 0 Å². The van der Waals surface area contributed by atoms with Crippen molar-refractivity contribution in [2.75, 3.05) is 20.0 Å². The maximum atomic E-state index is 13.5. The third-order valence-electron chi connectivity index (χ3n) is 5.57. The van der Waals surface area contributed by atoms with E-state index in [1.165, 1.54) is 18.9 Å². The predicted molar refractivity (Wildman–Crippen MR) is 119 cm³/mol. The van der Waals surface area contributed by atoms with Crippen LogP contribution in [0.1, 0.15) is 6.04 Å². The Balaban J connectivity index is 1.96. The molecule has 0 N–H and O–H groups in total. The van der Waals surface area contributed by atoms with Crippen LogP contribution in [0.3, 0.4) is 0 Å². The molecule has 4 aromatic rings. The number of fused-ring (bicyclic) bond motifs is 3. The van der Waals surface area contributed by atoms with Crippen molar-refractivity contribution in [1.29, 1.82) is 0 Å². The highest BCUT2D eigenvalue weighted by Gasteiger charge is 2.34. The van der Waals surface area contributed by atoms with E-state index in [-0.39, 0.29) is 5.56 Å². The summed E-state index contributed by atoms with van der Waals surface area (Å²) < 4.78 is 12.1. The molecule has 0 fully saturated rings. The van der Waals surface area contributed by atoms with Gasteiger partial charge in [-0.15, -0.1) is 11.8 Å². The third kappa shape index (κ3) is 2.71. The van der Waals surface area contributed by atoms with E-state index in [4.69, 9.17) is 9.47 Å². The summed E-state index contributed by atoms with van der Waals surface area (Å²) in [5, 5.41) is 4.09. The minimum absolute atomic E-state index is 0.176. The van der Waals surface area contributed by atoms with Gasteiger partial charge in [0.25, 0.3) is 5.56 Å². The van der Waals surface area contributed by atoms with Gasteiger partial charge in [-0.2, -0.15) is 0 Å². The van der Waals surface area contributed by atoms with Crippen LogP contribution in [0.25, 0.3) is 32.7 Å². The van der Waals surface area contributed by atoms with Crippen LogP contribution in [0, 0.1) is 0 Å². The summed E-state index contributed by atoms with van der Waals surface area (Å²) in [6.45, 7) is 0. The number of esters is 1. The van der Waals surface area contributed by atoms with Gasteiger partial charge in [0.2, 0.25) is 0 Å². The molecule has 0 aliphatic carbocycles. The molecule has 5 nitrogen and oxygen atoms in total. The number of aromatic nitrogens is 1. The Kier molecular flexibility index (Phi) is 4.51. The Labute approximate surface area is 177 Å². The van der Waals surface area contributed by atoms with Gasteiger partial charge in [0.15, 0.2) is 0 Å². The molecule has 2 heterocycles. The van der Waals surface area contributed by atoms with E-state index in [0.717, 1.165) is 38.1 Å². The maximum absolute atomic E-state index is 13.5. The van der Waals surface area contributed by atoms with E-state index in [2.05, 4.69) is 0 Å². The Hall–Kier alpha value is -3.25. The zero-order valence-corrected chi connectivity index (χ0v) is 17.4. The number of carbonyl (C=O) groups is 1. The van der Waals surface area contributed by atoms with E-state index in [1.807, 2.05) is 60.7 Å². The molecule has 30 heavy (non-hydrogen) atoms. The highest BCUT2D eigenvalue weighted by molar-refractivity contribution is 7.99. The van der Waals surface area contributed by atoms with Crippen LogP contribution < -0.4 is 10.3 Å². The van der Waals surface area contributed by atoms with Crippen LogP contribution in [0.5, 0.6) is 5.75 Å². The first-order valence-corrected chi connectivity index (χ1v) is 10.6. The molecule has 1 aliphatic rings. The number of rotatable bonds is 3. The summed E-state index contributed by atoms with van der Waals surface area (Å²) in [5.74, 6) is 0.833. The van der Waals surface area contributed by atoms with Crippen molar-refractivity contribution in [2.24, 2.45) is 0 Å². The molecule has 6 heteroatoms. The number of carbonyl (C=O) groups excluding carboxylic acids is 1. The molecular weight excluding hydrogens is 398 g/mol. The Morgan fingerprint density at radius 3 is 2.53 bits per heavy atom. The van der Waals surface area contributed by atoms with Crippen LogP contribution in [0.4, 0.5) is 0 Å². The van der Waals surface area contributed by atoms with E-state index in [9.17, 15) is 9.59 Å². The van der Waals surface area contributed by atoms with Crippen molar-refractivity contribution in [3.05, 3.63) is 71.0 Å². The van der Waals surface area contributed by atoms with Crippen molar-refractivity contribution in [2.45, 2.75) is 11.1 Å². The standard InChI is InChI=1S/C24H19NO4S/c1-28-20-10-6-9-15-11-18-17(12-16(15)20)21(14-7-4-3-5-8-14)23-25(22(18)26)19(13-30-23)24(27)29-2/h3-12,19H,13H2,1-2H3/t19-/m0/s1. The van der Waals surface area contributed by atoms with E-state index in [1.54, 1.807) is 11.7 Å². The zero-order valence-electron chi connectivity index (χ0n) is 16.5. The SMILES string of the molecule is COC(=O)[C@@H]1CSc2c(-c3ccccc3)c3cc4c(OC)cccc4cc3c(=O)n21. The normalized spacial score (nSPS) is 15.3. The lowest BCUT2D eigenvalue weighted by molar-refractivity contribution is -0.143. The summed E-state index contributed by atoms with van der Waals surface area (Å²) in [4.78, 5) is 25.9. The monoisotopic (exact) mass is 417 g/mol. The quantitative estimate of drug-likeness (QED) is 0.359. The predicted octanol–water partition coefficient (Wildman–Crippen LogP) is 4.65. The van der Waals surface area contributed by atoms with E-state index in [0.29, 0.717) is 11.1 Å².